The average Bonchev–Trinajstić information content (AvgIpc) is 2.34. The molecule has 0 bridgehead atoms. The summed E-state index contributed by atoms with van der Waals surface area (Å²) < 4.78 is 5.72. The molecule has 0 atom stereocenters. The Morgan fingerprint density at radius 3 is 2.75 bits per heavy atom. The van der Waals surface area contributed by atoms with Crippen molar-refractivity contribution in [2.24, 2.45) is 0 Å². The van der Waals surface area contributed by atoms with Crippen LogP contribution in [0.25, 0.3) is 0 Å². The number of para-hydroxylation sites is 1. The van der Waals surface area contributed by atoms with Gasteiger partial charge >= 0.3 is 0 Å². The molecule has 0 fully saturated rings. The van der Waals surface area contributed by atoms with Crippen LogP contribution in [0.3, 0.4) is 0 Å². The first-order chi connectivity index (χ1) is 7.88. The molecule has 0 radical (unpaired) electrons. The minimum atomic E-state index is 0.672. The van der Waals surface area contributed by atoms with Crippen molar-refractivity contribution in [2.45, 2.75) is 39.0 Å². The van der Waals surface area contributed by atoms with Gasteiger partial charge in [0.1, 0.15) is 12.0 Å². The summed E-state index contributed by atoms with van der Waals surface area (Å²) in [4.78, 5) is 10.1. The number of hydrogen-bond acceptors (Lipinski definition) is 2. The summed E-state index contributed by atoms with van der Waals surface area (Å²) in [6.07, 6.45) is 5.71. The van der Waals surface area contributed by atoms with Crippen LogP contribution in [0.1, 0.15) is 38.2 Å². The van der Waals surface area contributed by atoms with Gasteiger partial charge in [-0.05, 0) is 37.3 Å². The van der Waals surface area contributed by atoms with Crippen LogP contribution >= 0.6 is 0 Å². The van der Waals surface area contributed by atoms with Crippen molar-refractivity contribution in [2.75, 3.05) is 6.61 Å². The highest BCUT2D eigenvalue weighted by Gasteiger charge is 1.99. The van der Waals surface area contributed by atoms with Crippen LogP contribution in [0.4, 0.5) is 0 Å². The van der Waals surface area contributed by atoms with Crippen LogP contribution in [0.5, 0.6) is 5.75 Å². The summed E-state index contributed by atoms with van der Waals surface area (Å²) in [6, 6.07) is 8.16. The smallest absolute Gasteiger partial charge is 0.122 e. The van der Waals surface area contributed by atoms with Crippen LogP contribution in [0.15, 0.2) is 24.3 Å². The van der Waals surface area contributed by atoms with E-state index in [0.717, 1.165) is 44.3 Å². The van der Waals surface area contributed by atoms with Crippen LogP contribution < -0.4 is 4.74 Å². The molecule has 88 valence electrons. The maximum Gasteiger partial charge on any atom is 0.122 e. The number of carbonyl (C=O) groups excluding carboxylic acids is 1. The number of unbranched alkanes of at least 4 members (excludes halogenated alkanes) is 3. The van der Waals surface area contributed by atoms with Crippen molar-refractivity contribution >= 4 is 6.29 Å². The van der Waals surface area contributed by atoms with E-state index >= 15 is 0 Å². The summed E-state index contributed by atoms with van der Waals surface area (Å²) in [5.74, 6) is 1.00. The lowest BCUT2D eigenvalue weighted by molar-refractivity contribution is -0.107. The van der Waals surface area contributed by atoms with Gasteiger partial charge in [-0.3, -0.25) is 0 Å². The Bertz CT molecular complexity index is 307. The molecule has 0 saturated carbocycles. The Balaban J connectivity index is 2.23. The van der Waals surface area contributed by atoms with Gasteiger partial charge in [0, 0.05) is 6.42 Å². The molecule has 16 heavy (non-hydrogen) atoms. The molecular weight excluding hydrogens is 200 g/mol. The van der Waals surface area contributed by atoms with E-state index in [4.69, 9.17) is 4.74 Å². The summed E-state index contributed by atoms with van der Waals surface area (Å²) in [5, 5.41) is 0. The predicted octanol–water partition coefficient (Wildman–Crippen LogP) is 3.39. The number of hydrogen-bond donors (Lipinski definition) is 0. The van der Waals surface area contributed by atoms with Crippen molar-refractivity contribution in [1.82, 2.24) is 0 Å². The van der Waals surface area contributed by atoms with Crippen molar-refractivity contribution in [3.8, 4) is 5.75 Å². The van der Waals surface area contributed by atoms with Crippen molar-refractivity contribution in [3.05, 3.63) is 29.8 Å². The quantitative estimate of drug-likeness (QED) is 0.496. The van der Waals surface area contributed by atoms with E-state index in [9.17, 15) is 4.79 Å². The highest BCUT2D eigenvalue weighted by Crippen LogP contribution is 2.18. The van der Waals surface area contributed by atoms with E-state index in [-0.39, 0.29) is 0 Å². The number of ether oxygens (including phenoxy) is 1. The highest BCUT2D eigenvalue weighted by molar-refractivity contribution is 5.48. The molecule has 0 saturated heterocycles. The Labute approximate surface area is 97.6 Å². The van der Waals surface area contributed by atoms with E-state index < -0.39 is 0 Å². The molecule has 0 aromatic heterocycles. The first kappa shape index (κ1) is 12.8. The van der Waals surface area contributed by atoms with E-state index in [1.54, 1.807) is 0 Å². The zero-order chi connectivity index (χ0) is 11.6. The van der Waals surface area contributed by atoms with Gasteiger partial charge in [-0.15, -0.1) is 0 Å². The molecule has 1 aromatic carbocycles. The first-order valence-corrected chi connectivity index (χ1v) is 6.02. The maximum absolute atomic E-state index is 10.1. The monoisotopic (exact) mass is 220 g/mol. The van der Waals surface area contributed by atoms with E-state index in [1.165, 1.54) is 5.56 Å². The molecular formula is C14H20O2. The second-order valence-electron chi connectivity index (χ2n) is 3.83. The van der Waals surface area contributed by atoms with Crippen molar-refractivity contribution in [3.63, 3.8) is 0 Å². The van der Waals surface area contributed by atoms with Gasteiger partial charge in [0.25, 0.3) is 0 Å². The fourth-order valence-corrected chi connectivity index (χ4v) is 1.63. The molecule has 0 heterocycles. The summed E-state index contributed by atoms with van der Waals surface area (Å²) in [6.45, 7) is 2.88. The second kappa shape index (κ2) is 7.91. The van der Waals surface area contributed by atoms with Gasteiger partial charge in [-0.25, -0.2) is 0 Å². The number of benzene rings is 1. The van der Waals surface area contributed by atoms with Crippen LogP contribution in [0.2, 0.25) is 0 Å². The molecule has 0 aliphatic heterocycles. The minimum Gasteiger partial charge on any atom is -0.493 e. The average molecular weight is 220 g/mol. The number of carbonyl (C=O) groups is 1. The molecule has 1 aromatic rings. The molecule has 2 nitrogen and oxygen atoms in total. The third-order valence-electron chi connectivity index (χ3n) is 2.58. The van der Waals surface area contributed by atoms with Gasteiger partial charge in [-0.2, -0.15) is 0 Å². The lowest BCUT2D eigenvalue weighted by Gasteiger charge is -2.09. The largest absolute Gasteiger partial charge is 0.493 e. The lowest BCUT2D eigenvalue weighted by Crippen LogP contribution is -1.99. The molecule has 0 aliphatic rings. The molecule has 1 rings (SSSR count). The SMILES string of the molecule is CCc1ccccc1OCCCCCC=O. The zero-order valence-electron chi connectivity index (χ0n) is 9.95. The highest BCUT2D eigenvalue weighted by atomic mass is 16.5. The van der Waals surface area contributed by atoms with Crippen molar-refractivity contribution in [1.29, 1.82) is 0 Å². The summed E-state index contributed by atoms with van der Waals surface area (Å²) in [7, 11) is 0. The maximum atomic E-state index is 10.1. The zero-order valence-corrected chi connectivity index (χ0v) is 9.95. The van der Waals surface area contributed by atoms with E-state index in [0.29, 0.717) is 6.42 Å². The minimum absolute atomic E-state index is 0.672. The third-order valence-corrected chi connectivity index (χ3v) is 2.58. The summed E-state index contributed by atoms with van der Waals surface area (Å²) in [5.41, 5.74) is 1.26. The molecule has 0 N–H and O–H groups in total. The Morgan fingerprint density at radius 1 is 1.19 bits per heavy atom. The second-order valence-corrected chi connectivity index (χ2v) is 3.83. The van der Waals surface area contributed by atoms with Gasteiger partial charge < -0.3 is 9.53 Å². The first-order valence-electron chi connectivity index (χ1n) is 6.02. The molecule has 0 spiro atoms. The summed E-state index contributed by atoms with van der Waals surface area (Å²) >= 11 is 0. The lowest BCUT2D eigenvalue weighted by atomic mass is 10.1. The van der Waals surface area contributed by atoms with Crippen LogP contribution in [0, 0.1) is 0 Å². The van der Waals surface area contributed by atoms with Gasteiger partial charge in [-0.1, -0.05) is 25.1 Å². The molecule has 0 aliphatic carbocycles. The standard InChI is InChI=1S/C14H20O2/c1-2-13-9-5-6-10-14(13)16-12-8-4-3-7-11-15/h5-6,9-11H,2-4,7-8,12H2,1H3. The fourth-order valence-electron chi connectivity index (χ4n) is 1.63. The van der Waals surface area contributed by atoms with Gasteiger partial charge in [0.05, 0.1) is 6.61 Å². The van der Waals surface area contributed by atoms with E-state index in [1.807, 2.05) is 18.2 Å². The van der Waals surface area contributed by atoms with Crippen LogP contribution in [-0.2, 0) is 11.2 Å². The topological polar surface area (TPSA) is 26.3 Å². The fraction of sp³-hybridized carbons (Fsp3) is 0.500. The molecule has 2 heteroatoms. The molecule has 0 unspecified atom stereocenters. The third kappa shape index (κ3) is 4.47. The Kier molecular flexibility index (Phi) is 6.31. The normalized spacial score (nSPS) is 10.1. The number of aryl methyl sites for hydroxylation is 1. The van der Waals surface area contributed by atoms with Gasteiger partial charge in [0.2, 0.25) is 0 Å². The van der Waals surface area contributed by atoms with Crippen molar-refractivity contribution < 1.29 is 9.53 Å². The number of aldehydes is 1. The van der Waals surface area contributed by atoms with Gasteiger partial charge in [0.15, 0.2) is 0 Å². The Morgan fingerprint density at radius 2 is 2.00 bits per heavy atom. The van der Waals surface area contributed by atoms with E-state index in [2.05, 4.69) is 13.0 Å². The Hall–Kier alpha value is -1.31. The van der Waals surface area contributed by atoms with Crippen LogP contribution in [-0.4, -0.2) is 12.9 Å². The molecule has 0 amide bonds. The number of rotatable bonds is 8. The predicted molar refractivity (Wildman–Crippen MR) is 65.8 cm³/mol.